The first-order valence-corrected chi connectivity index (χ1v) is 6.54. The fraction of sp³-hybridized carbons (Fsp3) is 0.929. The summed E-state index contributed by atoms with van der Waals surface area (Å²) >= 11 is 0. The fourth-order valence-electron chi connectivity index (χ4n) is 2.56. The predicted octanol–water partition coefficient (Wildman–Crippen LogP) is 3.18. The van der Waals surface area contributed by atoms with Crippen molar-refractivity contribution in [1.82, 2.24) is 0 Å². The van der Waals surface area contributed by atoms with Gasteiger partial charge in [-0.25, -0.2) is 0 Å². The van der Waals surface area contributed by atoms with Gasteiger partial charge in [-0.2, -0.15) is 0 Å². The summed E-state index contributed by atoms with van der Waals surface area (Å²) in [6.45, 7) is 8.13. The molecule has 0 bridgehead atoms. The molecule has 2 heteroatoms. The van der Waals surface area contributed by atoms with Crippen molar-refractivity contribution in [2.75, 3.05) is 0 Å². The van der Waals surface area contributed by atoms with E-state index in [0.29, 0.717) is 17.6 Å². The summed E-state index contributed by atoms with van der Waals surface area (Å²) in [7, 11) is 0. The van der Waals surface area contributed by atoms with E-state index in [2.05, 4.69) is 13.8 Å². The van der Waals surface area contributed by atoms with E-state index in [1.807, 2.05) is 13.8 Å². The molecule has 94 valence electrons. The van der Waals surface area contributed by atoms with Crippen LogP contribution in [0.15, 0.2) is 0 Å². The second kappa shape index (κ2) is 5.31. The molecule has 1 aliphatic rings. The summed E-state index contributed by atoms with van der Waals surface area (Å²) in [6.07, 6.45) is 4.43. The van der Waals surface area contributed by atoms with Gasteiger partial charge in [-0.1, -0.05) is 13.8 Å². The Labute approximate surface area is 99.4 Å². The molecule has 2 unspecified atom stereocenters. The molecule has 0 spiro atoms. The number of Topliss-reactive ketones (excluding diaryl/α,β-unsaturated/α-hetero) is 1. The molecule has 0 saturated heterocycles. The lowest BCUT2D eigenvalue weighted by atomic mass is 9.73. The van der Waals surface area contributed by atoms with E-state index in [-0.39, 0.29) is 5.92 Å². The van der Waals surface area contributed by atoms with Gasteiger partial charge in [0.1, 0.15) is 5.78 Å². The summed E-state index contributed by atoms with van der Waals surface area (Å²) < 4.78 is 0. The van der Waals surface area contributed by atoms with Crippen molar-refractivity contribution in [3.05, 3.63) is 0 Å². The fourth-order valence-corrected chi connectivity index (χ4v) is 2.56. The third-order valence-corrected chi connectivity index (χ3v) is 3.85. The number of rotatable bonds is 4. The lowest BCUT2D eigenvalue weighted by Gasteiger charge is -2.31. The highest BCUT2D eigenvalue weighted by Crippen LogP contribution is 2.34. The summed E-state index contributed by atoms with van der Waals surface area (Å²) in [5, 5.41) is 9.70. The van der Waals surface area contributed by atoms with Crippen LogP contribution in [0.25, 0.3) is 0 Å². The maximum absolute atomic E-state index is 11.8. The van der Waals surface area contributed by atoms with E-state index in [1.54, 1.807) is 0 Å². The first-order valence-electron chi connectivity index (χ1n) is 6.54. The molecule has 16 heavy (non-hydrogen) atoms. The Balaban J connectivity index is 2.47. The van der Waals surface area contributed by atoms with Crippen LogP contribution in [0.5, 0.6) is 0 Å². The Morgan fingerprint density at radius 1 is 1.44 bits per heavy atom. The zero-order valence-electron chi connectivity index (χ0n) is 11.1. The third-order valence-electron chi connectivity index (χ3n) is 3.85. The lowest BCUT2D eigenvalue weighted by Crippen LogP contribution is -2.29. The van der Waals surface area contributed by atoms with Gasteiger partial charge in [-0.05, 0) is 51.4 Å². The Morgan fingerprint density at radius 2 is 2.06 bits per heavy atom. The van der Waals surface area contributed by atoms with Crippen molar-refractivity contribution in [3.8, 4) is 0 Å². The van der Waals surface area contributed by atoms with Crippen LogP contribution in [0.4, 0.5) is 0 Å². The van der Waals surface area contributed by atoms with Gasteiger partial charge in [0.25, 0.3) is 0 Å². The number of carbonyl (C=O) groups excluding carboxylic acids is 1. The number of ketones is 1. The second-order valence-electron chi connectivity index (χ2n) is 6.29. The van der Waals surface area contributed by atoms with Crippen LogP contribution in [-0.2, 0) is 4.79 Å². The highest BCUT2D eigenvalue weighted by molar-refractivity contribution is 5.81. The van der Waals surface area contributed by atoms with Crippen LogP contribution in [0.3, 0.4) is 0 Å². The van der Waals surface area contributed by atoms with E-state index in [0.717, 1.165) is 32.1 Å². The molecular formula is C14H26O2. The van der Waals surface area contributed by atoms with Gasteiger partial charge in [0.05, 0.1) is 5.60 Å². The average molecular weight is 226 g/mol. The van der Waals surface area contributed by atoms with E-state index in [1.165, 1.54) is 0 Å². The predicted molar refractivity (Wildman–Crippen MR) is 66.2 cm³/mol. The number of aliphatic hydroxyl groups is 1. The van der Waals surface area contributed by atoms with Crippen LogP contribution in [0.2, 0.25) is 0 Å². The Kier molecular flexibility index (Phi) is 4.54. The van der Waals surface area contributed by atoms with E-state index < -0.39 is 5.60 Å². The smallest absolute Gasteiger partial charge is 0.135 e. The van der Waals surface area contributed by atoms with Crippen molar-refractivity contribution >= 4 is 5.78 Å². The van der Waals surface area contributed by atoms with Gasteiger partial charge in [-0.15, -0.1) is 0 Å². The molecule has 0 aromatic rings. The molecule has 0 radical (unpaired) electrons. The van der Waals surface area contributed by atoms with Crippen molar-refractivity contribution in [2.24, 2.45) is 17.8 Å². The summed E-state index contributed by atoms with van der Waals surface area (Å²) in [5.74, 6) is 2.00. The number of hydrogen-bond donors (Lipinski definition) is 1. The molecule has 1 aliphatic carbocycles. The first-order chi connectivity index (χ1) is 7.29. The van der Waals surface area contributed by atoms with Crippen LogP contribution >= 0.6 is 0 Å². The molecule has 1 fully saturated rings. The maximum atomic E-state index is 11.8. The van der Waals surface area contributed by atoms with Gasteiger partial charge in [-0.3, -0.25) is 4.79 Å². The molecule has 2 atom stereocenters. The van der Waals surface area contributed by atoms with Crippen molar-refractivity contribution < 1.29 is 9.90 Å². The van der Waals surface area contributed by atoms with Gasteiger partial charge >= 0.3 is 0 Å². The summed E-state index contributed by atoms with van der Waals surface area (Å²) in [5.41, 5.74) is -0.634. The highest BCUT2D eigenvalue weighted by Gasteiger charge is 2.30. The van der Waals surface area contributed by atoms with Crippen molar-refractivity contribution in [1.29, 1.82) is 0 Å². The molecule has 2 nitrogen and oxygen atoms in total. The molecule has 1 saturated carbocycles. The lowest BCUT2D eigenvalue weighted by molar-refractivity contribution is -0.126. The molecule has 0 heterocycles. The van der Waals surface area contributed by atoms with Crippen molar-refractivity contribution in [2.45, 2.75) is 65.4 Å². The topological polar surface area (TPSA) is 37.3 Å². The second-order valence-corrected chi connectivity index (χ2v) is 6.29. The third kappa shape index (κ3) is 4.25. The SMILES string of the molecule is CC(C)C1CCC(=O)C(CCC(C)(C)O)C1. The largest absolute Gasteiger partial charge is 0.390 e. The maximum Gasteiger partial charge on any atom is 0.135 e. The van der Waals surface area contributed by atoms with E-state index >= 15 is 0 Å². The molecule has 0 aromatic carbocycles. The molecule has 1 rings (SSSR count). The minimum absolute atomic E-state index is 0.201. The van der Waals surface area contributed by atoms with Gasteiger partial charge in [0, 0.05) is 12.3 Å². The molecule has 0 amide bonds. The number of carbonyl (C=O) groups is 1. The normalized spacial score (nSPS) is 27.5. The minimum Gasteiger partial charge on any atom is -0.390 e. The highest BCUT2D eigenvalue weighted by atomic mass is 16.3. The average Bonchev–Trinajstić information content (AvgIpc) is 2.14. The van der Waals surface area contributed by atoms with Gasteiger partial charge in [0.15, 0.2) is 0 Å². The van der Waals surface area contributed by atoms with E-state index in [9.17, 15) is 9.90 Å². The molecule has 0 aliphatic heterocycles. The number of hydrogen-bond acceptors (Lipinski definition) is 2. The summed E-state index contributed by atoms with van der Waals surface area (Å²) in [6, 6.07) is 0. The zero-order chi connectivity index (χ0) is 12.3. The van der Waals surface area contributed by atoms with Crippen LogP contribution < -0.4 is 0 Å². The first kappa shape index (κ1) is 13.7. The van der Waals surface area contributed by atoms with Gasteiger partial charge in [0.2, 0.25) is 0 Å². The van der Waals surface area contributed by atoms with Crippen LogP contribution in [0.1, 0.15) is 59.8 Å². The quantitative estimate of drug-likeness (QED) is 0.799. The van der Waals surface area contributed by atoms with E-state index in [4.69, 9.17) is 0 Å². The van der Waals surface area contributed by atoms with Crippen LogP contribution in [-0.4, -0.2) is 16.5 Å². The standard InChI is InChI=1S/C14H26O2/c1-10(2)11-5-6-13(15)12(9-11)7-8-14(3,4)16/h10-12,16H,5-9H2,1-4H3. The minimum atomic E-state index is -0.634. The Bertz CT molecular complexity index is 238. The zero-order valence-corrected chi connectivity index (χ0v) is 11.1. The molecule has 0 aromatic heterocycles. The van der Waals surface area contributed by atoms with Crippen LogP contribution in [0, 0.1) is 17.8 Å². The van der Waals surface area contributed by atoms with Crippen molar-refractivity contribution in [3.63, 3.8) is 0 Å². The molecule has 1 N–H and O–H groups in total. The Morgan fingerprint density at radius 3 is 2.56 bits per heavy atom. The summed E-state index contributed by atoms with van der Waals surface area (Å²) in [4.78, 5) is 11.8. The molecular weight excluding hydrogens is 200 g/mol. The Hall–Kier alpha value is -0.370. The monoisotopic (exact) mass is 226 g/mol. The van der Waals surface area contributed by atoms with Gasteiger partial charge < -0.3 is 5.11 Å².